The predicted molar refractivity (Wildman–Crippen MR) is 59.8 cm³/mol. The highest BCUT2D eigenvalue weighted by Crippen LogP contribution is 2.34. The maximum atomic E-state index is 12.8. The summed E-state index contributed by atoms with van der Waals surface area (Å²) < 4.78 is 35.1. The highest BCUT2D eigenvalue weighted by Gasteiger charge is 2.26. The molecule has 0 N–H and O–H groups in total. The third-order valence-corrected chi connectivity index (χ3v) is 2.63. The van der Waals surface area contributed by atoms with Gasteiger partial charge in [-0.2, -0.15) is 0 Å². The van der Waals surface area contributed by atoms with Crippen LogP contribution in [0.1, 0.15) is 22.3 Å². The molecule has 0 aliphatic carbocycles. The number of hydrogen-bond donors (Lipinski definition) is 0. The van der Waals surface area contributed by atoms with Crippen LogP contribution < -0.4 is 4.74 Å². The van der Waals surface area contributed by atoms with Crippen molar-refractivity contribution in [1.29, 1.82) is 0 Å². The summed E-state index contributed by atoms with van der Waals surface area (Å²) in [7, 11) is 2.36. The van der Waals surface area contributed by atoms with Crippen molar-refractivity contribution >= 4 is 28.6 Å². The molecular formula is C9H8F2INO3. The summed E-state index contributed by atoms with van der Waals surface area (Å²) in [6.07, 6.45) is -1.78. The van der Waals surface area contributed by atoms with E-state index in [0.717, 1.165) is 13.3 Å². The normalized spacial score (nSPS) is 10.4. The van der Waals surface area contributed by atoms with Crippen LogP contribution in [0.2, 0.25) is 0 Å². The smallest absolute Gasteiger partial charge is 0.340 e. The first kappa shape index (κ1) is 13.1. The molecule has 1 heterocycles. The second kappa shape index (κ2) is 5.37. The molecule has 0 radical (unpaired) electrons. The molecule has 0 unspecified atom stereocenters. The van der Waals surface area contributed by atoms with Crippen LogP contribution in [0, 0.1) is 3.70 Å². The summed E-state index contributed by atoms with van der Waals surface area (Å²) in [4.78, 5) is 15.1. The van der Waals surface area contributed by atoms with Crippen LogP contribution in [-0.2, 0) is 4.74 Å². The van der Waals surface area contributed by atoms with Gasteiger partial charge >= 0.3 is 5.97 Å². The second-order valence-corrected chi connectivity index (χ2v) is 3.72. The molecule has 1 aromatic rings. The molecular weight excluding hydrogens is 335 g/mol. The van der Waals surface area contributed by atoms with Gasteiger partial charge in [0.15, 0.2) is 5.75 Å². The van der Waals surface area contributed by atoms with E-state index < -0.39 is 18.0 Å². The Labute approximate surface area is 104 Å². The molecule has 0 atom stereocenters. The number of carbonyl (C=O) groups excluding carboxylic acids is 1. The van der Waals surface area contributed by atoms with Gasteiger partial charge in [0.25, 0.3) is 6.43 Å². The largest absolute Gasteiger partial charge is 0.493 e. The number of methoxy groups -OCH3 is 2. The van der Waals surface area contributed by atoms with E-state index in [1.807, 2.05) is 0 Å². The summed E-state index contributed by atoms with van der Waals surface area (Å²) >= 11 is 1.75. The Hall–Kier alpha value is -0.990. The van der Waals surface area contributed by atoms with E-state index >= 15 is 0 Å². The lowest BCUT2D eigenvalue weighted by atomic mass is 10.1. The van der Waals surface area contributed by atoms with Gasteiger partial charge in [-0.25, -0.2) is 18.6 Å². The molecule has 0 spiro atoms. The van der Waals surface area contributed by atoms with Crippen molar-refractivity contribution in [3.8, 4) is 5.75 Å². The summed E-state index contributed by atoms with van der Waals surface area (Å²) in [6.45, 7) is 0. The number of ether oxygens (including phenoxy) is 2. The van der Waals surface area contributed by atoms with E-state index in [4.69, 9.17) is 4.74 Å². The van der Waals surface area contributed by atoms with E-state index in [0.29, 0.717) is 0 Å². The number of aromatic nitrogens is 1. The lowest BCUT2D eigenvalue weighted by molar-refractivity contribution is 0.0587. The number of carbonyl (C=O) groups is 1. The first-order valence-corrected chi connectivity index (χ1v) is 5.19. The molecule has 16 heavy (non-hydrogen) atoms. The maximum Gasteiger partial charge on any atom is 0.340 e. The summed E-state index contributed by atoms with van der Waals surface area (Å²) in [6, 6.07) is 0. The number of halogens is 3. The minimum atomic E-state index is -2.83. The fraction of sp³-hybridized carbons (Fsp3) is 0.333. The zero-order chi connectivity index (χ0) is 12.3. The minimum absolute atomic E-state index is 0.0986. The van der Waals surface area contributed by atoms with Gasteiger partial charge < -0.3 is 9.47 Å². The van der Waals surface area contributed by atoms with Crippen LogP contribution in [0.5, 0.6) is 5.75 Å². The van der Waals surface area contributed by atoms with Crippen molar-refractivity contribution in [2.75, 3.05) is 14.2 Å². The molecule has 88 valence electrons. The minimum Gasteiger partial charge on any atom is -0.493 e. The highest BCUT2D eigenvalue weighted by atomic mass is 127. The number of rotatable bonds is 3. The Bertz CT molecular complexity index is 412. The van der Waals surface area contributed by atoms with E-state index in [-0.39, 0.29) is 15.0 Å². The molecule has 4 nitrogen and oxygen atoms in total. The van der Waals surface area contributed by atoms with E-state index in [1.165, 1.54) is 7.11 Å². The standard InChI is InChI=1S/C9H8F2INO3/c1-15-6-5(7(10)11)4(9(14)16-2)3-13-8(6)12/h3,7H,1-2H3. The van der Waals surface area contributed by atoms with Crippen molar-refractivity contribution in [2.45, 2.75) is 6.43 Å². The van der Waals surface area contributed by atoms with Crippen molar-refractivity contribution in [2.24, 2.45) is 0 Å². The number of alkyl halides is 2. The highest BCUT2D eigenvalue weighted by molar-refractivity contribution is 14.1. The molecule has 0 bridgehead atoms. The predicted octanol–water partition coefficient (Wildman–Crippen LogP) is 2.42. The van der Waals surface area contributed by atoms with Crippen LogP contribution >= 0.6 is 22.6 Å². The molecule has 1 aromatic heterocycles. The zero-order valence-corrected chi connectivity index (χ0v) is 10.6. The number of nitrogens with zero attached hydrogens (tertiary/aromatic N) is 1. The molecule has 0 aromatic carbocycles. The van der Waals surface area contributed by atoms with E-state index in [9.17, 15) is 13.6 Å². The lowest BCUT2D eigenvalue weighted by Crippen LogP contribution is -2.10. The molecule has 0 saturated heterocycles. The molecule has 1 rings (SSSR count). The molecule has 0 fully saturated rings. The number of hydrogen-bond acceptors (Lipinski definition) is 4. The molecule has 0 amide bonds. The first-order valence-electron chi connectivity index (χ1n) is 4.11. The fourth-order valence-corrected chi connectivity index (χ4v) is 1.82. The van der Waals surface area contributed by atoms with Gasteiger partial charge in [-0.1, -0.05) is 0 Å². The van der Waals surface area contributed by atoms with Crippen LogP contribution in [-0.4, -0.2) is 25.2 Å². The zero-order valence-electron chi connectivity index (χ0n) is 8.46. The first-order chi connectivity index (χ1) is 7.52. The number of esters is 1. The second-order valence-electron chi connectivity index (χ2n) is 2.70. The Balaban J connectivity index is 3.45. The Morgan fingerprint density at radius 2 is 2.12 bits per heavy atom. The van der Waals surface area contributed by atoms with Crippen molar-refractivity contribution < 1.29 is 23.0 Å². The number of pyridine rings is 1. The summed E-state index contributed by atoms with van der Waals surface area (Å²) in [5.74, 6) is -0.962. The van der Waals surface area contributed by atoms with Crippen molar-refractivity contribution in [1.82, 2.24) is 4.98 Å². The van der Waals surface area contributed by atoms with Gasteiger partial charge in [-0.15, -0.1) is 0 Å². The van der Waals surface area contributed by atoms with Crippen molar-refractivity contribution in [3.05, 3.63) is 21.0 Å². The molecule has 0 aliphatic heterocycles. The van der Waals surface area contributed by atoms with E-state index in [1.54, 1.807) is 22.6 Å². The third-order valence-electron chi connectivity index (χ3n) is 1.86. The Kier molecular flexibility index (Phi) is 4.39. The van der Waals surface area contributed by atoms with E-state index in [2.05, 4.69) is 9.72 Å². The van der Waals surface area contributed by atoms with Gasteiger partial charge in [-0.3, -0.25) is 0 Å². The average molecular weight is 343 g/mol. The van der Waals surface area contributed by atoms with Crippen LogP contribution in [0.3, 0.4) is 0 Å². The van der Waals surface area contributed by atoms with Gasteiger partial charge in [0.2, 0.25) is 0 Å². The van der Waals surface area contributed by atoms with Crippen LogP contribution in [0.25, 0.3) is 0 Å². The SMILES string of the molecule is COC(=O)c1cnc(I)c(OC)c1C(F)F. The van der Waals surface area contributed by atoms with Gasteiger partial charge in [0.1, 0.15) is 3.70 Å². The maximum absolute atomic E-state index is 12.8. The van der Waals surface area contributed by atoms with Gasteiger partial charge in [0, 0.05) is 6.20 Å². The topological polar surface area (TPSA) is 48.4 Å². The molecule has 0 saturated carbocycles. The Morgan fingerprint density at radius 1 is 1.50 bits per heavy atom. The fourth-order valence-electron chi connectivity index (χ4n) is 1.17. The molecule has 7 heteroatoms. The third kappa shape index (κ3) is 2.39. The summed E-state index contributed by atoms with van der Waals surface area (Å²) in [5, 5.41) is 0. The van der Waals surface area contributed by atoms with Gasteiger partial charge in [-0.05, 0) is 22.6 Å². The van der Waals surface area contributed by atoms with Gasteiger partial charge in [0.05, 0.1) is 25.3 Å². The lowest BCUT2D eigenvalue weighted by Gasteiger charge is -2.12. The molecule has 0 aliphatic rings. The average Bonchev–Trinajstić information content (AvgIpc) is 2.27. The van der Waals surface area contributed by atoms with Crippen molar-refractivity contribution in [3.63, 3.8) is 0 Å². The summed E-state index contributed by atoms with van der Waals surface area (Å²) in [5.41, 5.74) is -0.775. The quantitative estimate of drug-likeness (QED) is 0.481. The Morgan fingerprint density at radius 3 is 2.56 bits per heavy atom. The van der Waals surface area contributed by atoms with Crippen LogP contribution in [0.15, 0.2) is 6.20 Å². The monoisotopic (exact) mass is 343 g/mol. The van der Waals surface area contributed by atoms with Crippen LogP contribution in [0.4, 0.5) is 8.78 Å².